The maximum absolute atomic E-state index is 13.4. The molecule has 0 unspecified atom stereocenters. The average Bonchev–Trinajstić information content (AvgIpc) is 2.80. The molecular weight excluding hydrogens is 287 g/mol. The highest BCUT2D eigenvalue weighted by Crippen LogP contribution is 2.19. The number of hydrogen-bond acceptors (Lipinski definition) is 6. The highest BCUT2D eigenvalue weighted by molar-refractivity contribution is 7.90. The molecule has 0 bridgehead atoms. The molecule has 6 nitrogen and oxygen atoms in total. The summed E-state index contributed by atoms with van der Waals surface area (Å²) in [4.78, 5) is 3.91. The zero-order valence-electron chi connectivity index (χ0n) is 10.7. The van der Waals surface area contributed by atoms with E-state index in [1.165, 1.54) is 6.07 Å². The smallest absolute Gasteiger partial charge is 0.242 e. The second kappa shape index (κ2) is 5.68. The minimum Gasteiger partial charge on any atom is -0.395 e. The molecule has 0 aliphatic heterocycles. The van der Waals surface area contributed by atoms with Crippen LogP contribution in [0.1, 0.15) is 11.5 Å². The predicted octanol–water partition coefficient (Wildman–Crippen LogP) is 1.09. The van der Waals surface area contributed by atoms with Gasteiger partial charge in [0.25, 0.3) is 0 Å². The van der Waals surface area contributed by atoms with E-state index in [1.807, 2.05) is 0 Å². The van der Waals surface area contributed by atoms with Gasteiger partial charge >= 0.3 is 0 Å². The highest BCUT2D eigenvalue weighted by atomic mass is 32.2. The fraction of sp³-hybridized carbons (Fsp3) is 0.333. The lowest BCUT2D eigenvalue weighted by molar-refractivity contribution is 0.319. The van der Waals surface area contributed by atoms with E-state index in [4.69, 9.17) is 9.63 Å². The summed E-state index contributed by atoms with van der Waals surface area (Å²) in [5.74, 6) is -1.19. The van der Waals surface area contributed by atoms with Crippen molar-refractivity contribution in [3.8, 4) is 11.4 Å². The van der Waals surface area contributed by atoms with Crippen LogP contribution in [-0.2, 0) is 15.6 Å². The lowest BCUT2D eigenvalue weighted by Gasteiger charge is -1.98. The number of aliphatic hydroxyl groups excluding tert-OH is 1. The third-order valence-electron chi connectivity index (χ3n) is 2.64. The van der Waals surface area contributed by atoms with Gasteiger partial charge in [0.1, 0.15) is 11.6 Å². The second-order valence-electron chi connectivity index (χ2n) is 4.29. The molecule has 0 radical (unpaired) electrons. The number of hydrogen-bond donors (Lipinski definition) is 1. The Morgan fingerprint density at radius 2 is 2.15 bits per heavy atom. The van der Waals surface area contributed by atoms with Crippen LogP contribution >= 0.6 is 0 Å². The van der Waals surface area contributed by atoms with Gasteiger partial charge in [0.05, 0.1) is 12.4 Å². The van der Waals surface area contributed by atoms with Crippen LogP contribution in [0.3, 0.4) is 0 Å². The molecule has 0 fully saturated rings. The normalized spacial score (nSPS) is 11.8. The molecule has 2 aromatic rings. The molecule has 0 aliphatic carbocycles. The van der Waals surface area contributed by atoms with E-state index >= 15 is 0 Å². The van der Waals surface area contributed by atoms with Gasteiger partial charge < -0.3 is 9.63 Å². The number of aromatic nitrogens is 2. The first kappa shape index (κ1) is 14.6. The van der Waals surface area contributed by atoms with Crippen molar-refractivity contribution in [2.75, 3.05) is 12.4 Å². The number of aliphatic hydroxyl groups is 1. The van der Waals surface area contributed by atoms with Crippen LogP contribution < -0.4 is 0 Å². The van der Waals surface area contributed by atoms with Crippen molar-refractivity contribution >= 4 is 9.84 Å². The van der Waals surface area contributed by atoms with E-state index < -0.39 is 28.0 Å². The van der Waals surface area contributed by atoms with Gasteiger partial charge in [-0.05, 0) is 18.6 Å². The molecule has 0 saturated carbocycles. The first-order valence-corrected chi connectivity index (χ1v) is 7.64. The Morgan fingerprint density at radius 3 is 2.80 bits per heavy atom. The Morgan fingerprint density at radius 1 is 1.40 bits per heavy atom. The zero-order valence-corrected chi connectivity index (χ0v) is 11.5. The van der Waals surface area contributed by atoms with Crippen molar-refractivity contribution in [1.29, 1.82) is 0 Å². The van der Waals surface area contributed by atoms with Crippen molar-refractivity contribution in [3.63, 3.8) is 0 Å². The third-order valence-corrected chi connectivity index (χ3v) is 4.14. The predicted molar refractivity (Wildman–Crippen MR) is 69.0 cm³/mol. The van der Waals surface area contributed by atoms with Gasteiger partial charge in [-0.1, -0.05) is 17.3 Å². The molecule has 0 amide bonds. The Kier molecular flexibility index (Phi) is 4.15. The summed E-state index contributed by atoms with van der Waals surface area (Å²) in [6, 6.07) is 4.45. The van der Waals surface area contributed by atoms with E-state index in [0.29, 0.717) is 11.1 Å². The molecule has 1 heterocycles. The highest BCUT2D eigenvalue weighted by Gasteiger charge is 2.17. The Balaban J connectivity index is 2.22. The van der Waals surface area contributed by atoms with Crippen LogP contribution in [0.4, 0.5) is 4.39 Å². The summed E-state index contributed by atoms with van der Waals surface area (Å²) in [6.07, 6.45) is 0. The minimum atomic E-state index is -3.49. The topological polar surface area (TPSA) is 93.3 Å². The fourth-order valence-electron chi connectivity index (χ4n) is 1.56. The van der Waals surface area contributed by atoms with Gasteiger partial charge in [-0.3, -0.25) is 0 Å². The molecule has 20 heavy (non-hydrogen) atoms. The van der Waals surface area contributed by atoms with Crippen molar-refractivity contribution < 1.29 is 22.4 Å². The molecule has 0 aliphatic rings. The summed E-state index contributed by atoms with van der Waals surface area (Å²) in [5.41, 5.74) is 0.894. The van der Waals surface area contributed by atoms with Crippen molar-refractivity contribution in [2.24, 2.45) is 0 Å². The maximum Gasteiger partial charge on any atom is 0.242 e. The number of sulfone groups is 1. The molecule has 1 aromatic heterocycles. The van der Waals surface area contributed by atoms with Crippen LogP contribution in [-0.4, -0.2) is 36.0 Å². The van der Waals surface area contributed by atoms with E-state index in [9.17, 15) is 12.8 Å². The number of benzene rings is 1. The molecule has 0 saturated heterocycles. The molecule has 1 N–H and O–H groups in total. The molecular formula is C12H13FN2O4S. The van der Waals surface area contributed by atoms with Gasteiger partial charge in [-0.15, -0.1) is 0 Å². The lowest BCUT2D eigenvalue weighted by atomic mass is 10.1. The van der Waals surface area contributed by atoms with Crippen molar-refractivity contribution in [2.45, 2.75) is 12.7 Å². The molecule has 108 valence electrons. The van der Waals surface area contributed by atoms with Crippen LogP contribution in [0.5, 0.6) is 0 Å². The Bertz CT molecular complexity index is 712. The van der Waals surface area contributed by atoms with E-state index in [2.05, 4.69) is 10.1 Å². The number of halogens is 1. The quantitative estimate of drug-likeness (QED) is 0.888. The standard InChI is InChI=1S/C12H13FN2O4S/c1-8-2-3-9(6-10(8)13)12-14-11(19-15-12)7-20(17,18)5-4-16/h2-3,6,16H,4-5,7H2,1H3. The maximum atomic E-state index is 13.4. The Labute approximate surface area is 115 Å². The van der Waals surface area contributed by atoms with Gasteiger partial charge in [0, 0.05) is 5.56 Å². The van der Waals surface area contributed by atoms with Crippen molar-refractivity contribution in [1.82, 2.24) is 10.1 Å². The van der Waals surface area contributed by atoms with Crippen LogP contribution in [0.2, 0.25) is 0 Å². The fourth-order valence-corrected chi connectivity index (χ4v) is 2.48. The van der Waals surface area contributed by atoms with Gasteiger partial charge in [-0.25, -0.2) is 12.8 Å². The summed E-state index contributed by atoms with van der Waals surface area (Å²) < 4.78 is 41.3. The second-order valence-corrected chi connectivity index (χ2v) is 6.48. The summed E-state index contributed by atoms with van der Waals surface area (Å²) in [5, 5.41) is 12.3. The summed E-state index contributed by atoms with van der Waals surface area (Å²) in [6.45, 7) is 1.16. The molecule has 2 rings (SSSR count). The third kappa shape index (κ3) is 3.40. The first-order chi connectivity index (χ1) is 9.41. The van der Waals surface area contributed by atoms with Gasteiger partial charge in [0.15, 0.2) is 9.84 Å². The Hall–Kier alpha value is -1.80. The van der Waals surface area contributed by atoms with Crippen LogP contribution in [0.15, 0.2) is 22.7 Å². The zero-order chi connectivity index (χ0) is 14.8. The first-order valence-electron chi connectivity index (χ1n) is 5.81. The number of aryl methyl sites for hydroxylation is 1. The lowest BCUT2D eigenvalue weighted by Crippen LogP contribution is -2.12. The number of nitrogens with zero attached hydrogens (tertiary/aromatic N) is 2. The van der Waals surface area contributed by atoms with Gasteiger partial charge in [-0.2, -0.15) is 4.98 Å². The molecule has 1 aromatic carbocycles. The van der Waals surface area contributed by atoms with Crippen LogP contribution in [0, 0.1) is 12.7 Å². The van der Waals surface area contributed by atoms with Crippen LogP contribution in [0.25, 0.3) is 11.4 Å². The average molecular weight is 300 g/mol. The summed E-state index contributed by atoms with van der Waals surface area (Å²) in [7, 11) is -3.49. The summed E-state index contributed by atoms with van der Waals surface area (Å²) >= 11 is 0. The minimum absolute atomic E-state index is 0.0885. The molecule has 0 spiro atoms. The van der Waals surface area contributed by atoms with Crippen molar-refractivity contribution in [3.05, 3.63) is 35.5 Å². The van der Waals surface area contributed by atoms with E-state index in [-0.39, 0.29) is 17.5 Å². The van der Waals surface area contributed by atoms with E-state index in [0.717, 1.165) is 0 Å². The SMILES string of the molecule is Cc1ccc(-c2noc(CS(=O)(=O)CCO)n2)cc1F. The van der Waals surface area contributed by atoms with Gasteiger partial charge in [0.2, 0.25) is 11.7 Å². The molecule has 8 heteroatoms. The largest absolute Gasteiger partial charge is 0.395 e. The molecule has 0 atom stereocenters. The van der Waals surface area contributed by atoms with E-state index in [1.54, 1.807) is 19.1 Å². The number of rotatable bonds is 5. The monoisotopic (exact) mass is 300 g/mol.